The van der Waals surface area contributed by atoms with Crippen LogP contribution in [0, 0.1) is 17.6 Å². The van der Waals surface area contributed by atoms with Gasteiger partial charge in [0.05, 0.1) is 6.61 Å². The largest absolute Gasteiger partial charge is 0.394 e. The van der Waals surface area contributed by atoms with Crippen LogP contribution in [-0.2, 0) is 6.54 Å². The average Bonchev–Trinajstić information content (AvgIpc) is 2.38. The Morgan fingerprint density at radius 3 is 2.84 bits per heavy atom. The van der Waals surface area contributed by atoms with E-state index in [9.17, 15) is 13.9 Å². The lowest BCUT2D eigenvalue weighted by atomic mass is 9.77. The van der Waals surface area contributed by atoms with Crippen LogP contribution < -0.4 is 5.32 Å². The minimum absolute atomic E-state index is 0.0557. The molecule has 1 aromatic carbocycles. The summed E-state index contributed by atoms with van der Waals surface area (Å²) in [5.74, 6) is -0.541. The van der Waals surface area contributed by atoms with Crippen LogP contribution in [0.15, 0.2) is 18.2 Å². The lowest BCUT2D eigenvalue weighted by Gasteiger charge is -2.39. The van der Waals surface area contributed by atoms with Crippen molar-refractivity contribution in [3.63, 3.8) is 0 Å². The summed E-state index contributed by atoms with van der Waals surface area (Å²) in [5.41, 5.74) is 0.117. The molecule has 0 heterocycles. The first-order valence-corrected chi connectivity index (χ1v) is 6.84. The molecule has 19 heavy (non-hydrogen) atoms. The van der Waals surface area contributed by atoms with Crippen LogP contribution in [0.5, 0.6) is 0 Å². The van der Waals surface area contributed by atoms with Crippen molar-refractivity contribution in [2.45, 2.75) is 44.7 Å². The monoisotopic (exact) mass is 269 g/mol. The molecule has 2 rings (SSSR count). The molecule has 2 atom stereocenters. The van der Waals surface area contributed by atoms with Gasteiger partial charge >= 0.3 is 0 Å². The van der Waals surface area contributed by atoms with Gasteiger partial charge in [-0.2, -0.15) is 0 Å². The van der Waals surface area contributed by atoms with Crippen LogP contribution in [0.25, 0.3) is 0 Å². The van der Waals surface area contributed by atoms with E-state index in [-0.39, 0.29) is 12.1 Å². The summed E-state index contributed by atoms with van der Waals surface area (Å²) in [4.78, 5) is 0. The first-order valence-electron chi connectivity index (χ1n) is 6.84. The lowest BCUT2D eigenvalue weighted by molar-refractivity contribution is 0.0979. The Kier molecular flexibility index (Phi) is 4.53. The highest BCUT2D eigenvalue weighted by Crippen LogP contribution is 2.32. The van der Waals surface area contributed by atoms with Crippen molar-refractivity contribution in [2.75, 3.05) is 6.61 Å². The fourth-order valence-corrected chi connectivity index (χ4v) is 2.97. The van der Waals surface area contributed by atoms with E-state index >= 15 is 0 Å². The van der Waals surface area contributed by atoms with Gasteiger partial charge < -0.3 is 10.4 Å². The zero-order valence-corrected chi connectivity index (χ0v) is 11.3. The molecule has 1 fully saturated rings. The van der Waals surface area contributed by atoms with Gasteiger partial charge in [0.25, 0.3) is 0 Å². The first-order chi connectivity index (χ1) is 9.04. The molecular formula is C15H21F2NO. The molecule has 2 nitrogen and oxygen atoms in total. The predicted octanol–water partition coefficient (Wildman–Crippen LogP) is 3.00. The lowest BCUT2D eigenvalue weighted by Crippen LogP contribution is -2.51. The van der Waals surface area contributed by atoms with Gasteiger partial charge in [0.2, 0.25) is 0 Å². The van der Waals surface area contributed by atoms with Gasteiger partial charge in [0.15, 0.2) is 0 Å². The third-order valence-corrected chi connectivity index (χ3v) is 4.06. The molecule has 2 N–H and O–H groups in total. The number of aliphatic hydroxyl groups is 1. The molecule has 1 aliphatic rings. The molecule has 1 aromatic rings. The van der Waals surface area contributed by atoms with Crippen molar-refractivity contribution in [3.05, 3.63) is 35.4 Å². The van der Waals surface area contributed by atoms with E-state index in [4.69, 9.17) is 0 Å². The summed E-state index contributed by atoms with van der Waals surface area (Å²) in [5, 5.41) is 12.9. The number of hydrogen-bond donors (Lipinski definition) is 2. The van der Waals surface area contributed by atoms with E-state index in [0.29, 0.717) is 18.0 Å². The maximum absolute atomic E-state index is 13.6. The van der Waals surface area contributed by atoms with Crippen molar-refractivity contribution >= 4 is 0 Å². The first kappa shape index (κ1) is 14.4. The number of halogens is 2. The number of hydrogen-bond acceptors (Lipinski definition) is 2. The summed E-state index contributed by atoms with van der Waals surface area (Å²) in [7, 11) is 0. The SMILES string of the molecule is CC1CCCC(CO)(NCc2ccc(F)cc2F)C1. The third-order valence-electron chi connectivity index (χ3n) is 4.06. The highest BCUT2D eigenvalue weighted by Gasteiger charge is 2.33. The Morgan fingerprint density at radius 1 is 1.42 bits per heavy atom. The molecule has 0 saturated heterocycles. The molecule has 0 spiro atoms. The average molecular weight is 269 g/mol. The van der Waals surface area contributed by atoms with Gasteiger partial charge in [-0.25, -0.2) is 8.78 Å². The van der Waals surface area contributed by atoms with Crippen LogP contribution in [0.4, 0.5) is 8.78 Å². The molecule has 0 bridgehead atoms. The predicted molar refractivity (Wildman–Crippen MR) is 70.6 cm³/mol. The van der Waals surface area contributed by atoms with Gasteiger partial charge in [0, 0.05) is 23.7 Å². The molecule has 4 heteroatoms. The molecule has 0 aliphatic heterocycles. The van der Waals surface area contributed by atoms with E-state index in [2.05, 4.69) is 12.2 Å². The van der Waals surface area contributed by atoms with E-state index in [1.54, 1.807) is 0 Å². The maximum atomic E-state index is 13.6. The minimum Gasteiger partial charge on any atom is -0.394 e. The van der Waals surface area contributed by atoms with Gasteiger partial charge in [-0.3, -0.25) is 0 Å². The standard InChI is InChI=1S/C15H21F2NO/c1-11-3-2-6-15(8-11,10-19)18-9-12-4-5-13(16)7-14(12)17/h4-5,7,11,18-19H,2-3,6,8-10H2,1H3. The van der Waals surface area contributed by atoms with Crippen LogP contribution in [0.1, 0.15) is 38.2 Å². The summed E-state index contributed by atoms with van der Waals surface area (Å²) in [6, 6.07) is 3.61. The van der Waals surface area contributed by atoms with Crippen molar-refractivity contribution < 1.29 is 13.9 Å². The topological polar surface area (TPSA) is 32.3 Å². The normalized spacial score (nSPS) is 27.5. The Morgan fingerprint density at radius 2 is 2.21 bits per heavy atom. The summed E-state index contributed by atoms with van der Waals surface area (Å²) < 4.78 is 26.4. The molecule has 0 amide bonds. The van der Waals surface area contributed by atoms with E-state index in [1.165, 1.54) is 18.6 Å². The van der Waals surface area contributed by atoms with Crippen molar-refractivity contribution in [1.82, 2.24) is 5.32 Å². The van der Waals surface area contributed by atoms with Crippen LogP contribution in [0.3, 0.4) is 0 Å². The van der Waals surface area contributed by atoms with Gasteiger partial charge in [0.1, 0.15) is 11.6 Å². The Hall–Kier alpha value is -1.00. The van der Waals surface area contributed by atoms with Gasteiger partial charge in [-0.1, -0.05) is 25.8 Å². The molecule has 1 aliphatic carbocycles. The van der Waals surface area contributed by atoms with Gasteiger partial charge in [-0.15, -0.1) is 0 Å². The minimum atomic E-state index is -0.565. The number of nitrogens with one attached hydrogen (secondary N) is 1. The highest BCUT2D eigenvalue weighted by atomic mass is 19.1. The second-order valence-corrected chi connectivity index (χ2v) is 5.73. The molecule has 106 valence electrons. The zero-order chi connectivity index (χ0) is 13.9. The second kappa shape index (κ2) is 5.97. The fourth-order valence-electron chi connectivity index (χ4n) is 2.97. The Bertz CT molecular complexity index is 438. The molecule has 2 unspecified atom stereocenters. The van der Waals surface area contributed by atoms with Crippen molar-refractivity contribution in [2.24, 2.45) is 5.92 Å². The fraction of sp³-hybridized carbons (Fsp3) is 0.600. The quantitative estimate of drug-likeness (QED) is 0.880. The molecule has 1 saturated carbocycles. The van der Waals surface area contributed by atoms with Crippen molar-refractivity contribution in [1.29, 1.82) is 0 Å². The van der Waals surface area contributed by atoms with Gasteiger partial charge in [-0.05, 0) is 24.8 Å². The smallest absolute Gasteiger partial charge is 0.130 e. The van der Waals surface area contributed by atoms with Crippen LogP contribution in [-0.4, -0.2) is 17.3 Å². The summed E-state index contributed by atoms with van der Waals surface area (Å²) in [6.07, 6.45) is 4.04. The summed E-state index contributed by atoms with van der Waals surface area (Å²) in [6.45, 7) is 2.54. The Labute approximate surface area is 112 Å². The number of aliphatic hydroxyl groups excluding tert-OH is 1. The molecule has 0 radical (unpaired) electrons. The van der Waals surface area contributed by atoms with Crippen LogP contribution >= 0.6 is 0 Å². The Balaban J connectivity index is 2.03. The van der Waals surface area contributed by atoms with Crippen molar-refractivity contribution in [3.8, 4) is 0 Å². The number of benzene rings is 1. The summed E-state index contributed by atoms with van der Waals surface area (Å²) >= 11 is 0. The van der Waals surface area contributed by atoms with E-state index < -0.39 is 11.6 Å². The third kappa shape index (κ3) is 3.51. The maximum Gasteiger partial charge on any atom is 0.130 e. The van der Waals surface area contributed by atoms with E-state index in [1.807, 2.05) is 0 Å². The highest BCUT2D eigenvalue weighted by molar-refractivity contribution is 5.18. The molecular weight excluding hydrogens is 248 g/mol. The second-order valence-electron chi connectivity index (χ2n) is 5.73. The molecule has 0 aromatic heterocycles. The number of rotatable bonds is 4. The zero-order valence-electron chi connectivity index (χ0n) is 11.3. The van der Waals surface area contributed by atoms with E-state index in [0.717, 1.165) is 25.3 Å². The van der Waals surface area contributed by atoms with Crippen LogP contribution in [0.2, 0.25) is 0 Å².